The Balaban J connectivity index is 1.85. The lowest BCUT2D eigenvalue weighted by atomic mass is 9.79. The number of nitrogens with one attached hydrogen (secondary N) is 1. The van der Waals surface area contributed by atoms with Crippen LogP contribution in [0.25, 0.3) is 0 Å². The van der Waals surface area contributed by atoms with Crippen molar-refractivity contribution in [3.05, 3.63) is 10.6 Å². The Bertz CT molecular complexity index is 720. The first-order chi connectivity index (χ1) is 12.5. The van der Waals surface area contributed by atoms with Crippen molar-refractivity contribution >= 4 is 29.5 Å². The number of aliphatic hydroxyl groups excluding tert-OH is 1. The normalized spacial score (nSPS) is 35.7. The summed E-state index contributed by atoms with van der Waals surface area (Å²) in [6.45, 7) is 4.23. The molecule has 2 amide bonds. The van der Waals surface area contributed by atoms with E-state index in [1.807, 2.05) is 21.0 Å². The van der Waals surface area contributed by atoms with Gasteiger partial charge in [-0.15, -0.1) is 11.8 Å². The van der Waals surface area contributed by atoms with E-state index >= 15 is 0 Å². The zero-order chi connectivity index (χ0) is 20.3. The van der Waals surface area contributed by atoms with Crippen LogP contribution in [0.1, 0.15) is 20.3 Å². The van der Waals surface area contributed by atoms with Gasteiger partial charge in [0, 0.05) is 24.3 Å². The van der Waals surface area contributed by atoms with E-state index in [0.717, 1.165) is 6.54 Å². The first-order valence-corrected chi connectivity index (χ1v) is 10.1. The molecular formula is C18H28N3O5S+. The molecule has 3 heterocycles. The lowest BCUT2D eigenvalue weighted by Crippen LogP contribution is -2.63. The molecule has 0 bridgehead atoms. The Kier molecular flexibility index (Phi) is 5.07. The highest BCUT2D eigenvalue weighted by Crippen LogP contribution is 2.52. The van der Waals surface area contributed by atoms with Crippen molar-refractivity contribution in [3.8, 4) is 0 Å². The van der Waals surface area contributed by atoms with Gasteiger partial charge in [-0.2, -0.15) is 0 Å². The average molecular weight is 399 g/mol. The second kappa shape index (κ2) is 6.79. The second-order valence-electron chi connectivity index (χ2n) is 8.34. The number of carboxylic acids is 1. The summed E-state index contributed by atoms with van der Waals surface area (Å²) in [5.74, 6) is -2.14. The van der Waals surface area contributed by atoms with E-state index < -0.39 is 18.0 Å². The number of hydrogen-bond donors (Lipinski definition) is 3. The molecule has 8 nitrogen and oxygen atoms in total. The molecule has 9 heteroatoms. The quantitative estimate of drug-likeness (QED) is 0.439. The van der Waals surface area contributed by atoms with Gasteiger partial charge in [0.1, 0.15) is 5.70 Å². The Morgan fingerprint density at radius 3 is 2.52 bits per heavy atom. The third kappa shape index (κ3) is 3.05. The van der Waals surface area contributed by atoms with E-state index in [2.05, 4.69) is 5.32 Å². The number of carboxylic acid groups (broad SMARTS) is 1. The van der Waals surface area contributed by atoms with Gasteiger partial charge in [0.05, 0.1) is 44.0 Å². The van der Waals surface area contributed by atoms with Crippen LogP contribution in [0.15, 0.2) is 10.6 Å². The SMILES string of the molecule is CNC(=O)[C@@H]1C[C@H](SC2=C(C(=O)O)N3C(=O)[C@H]([C@@H](C)O)[C@H]3[C@H]2C)C[N+]1(C)C. The van der Waals surface area contributed by atoms with Gasteiger partial charge in [-0.1, -0.05) is 6.92 Å². The number of fused-ring (bicyclic) bond motifs is 1. The third-order valence-corrected chi connectivity index (χ3v) is 7.65. The van der Waals surface area contributed by atoms with Gasteiger partial charge < -0.3 is 24.9 Å². The van der Waals surface area contributed by atoms with E-state index in [1.165, 1.54) is 16.7 Å². The predicted molar refractivity (Wildman–Crippen MR) is 100 cm³/mol. The van der Waals surface area contributed by atoms with Crippen molar-refractivity contribution in [2.45, 2.75) is 43.7 Å². The van der Waals surface area contributed by atoms with Crippen LogP contribution in [-0.4, -0.2) is 88.5 Å². The summed E-state index contributed by atoms with van der Waals surface area (Å²) >= 11 is 1.48. The van der Waals surface area contributed by atoms with Crippen LogP contribution in [0, 0.1) is 11.8 Å². The molecule has 0 radical (unpaired) electrons. The number of aliphatic hydroxyl groups is 1. The molecule has 0 spiro atoms. The maximum Gasteiger partial charge on any atom is 0.353 e. The van der Waals surface area contributed by atoms with Crippen molar-refractivity contribution in [1.29, 1.82) is 0 Å². The van der Waals surface area contributed by atoms with Crippen LogP contribution < -0.4 is 5.32 Å². The lowest BCUT2D eigenvalue weighted by Gasteiger charge is -2.46. The zero-order valence-electron chi connectivity index (χ0n) is 16.3. The maximum absolute atomic E-state index is 12.4. The van der Waals surface area contributed by atoms with Gasteiger partial charge in [-0.3, -0.25) is 9.59 Å². The summed E-state index contributed by atoms with van der Waals surface area (Å²) in [7, 11) is 5.64. The van der Waals surface area contributed by atoms with Crippen molar-refractivity contribution in [2.24, 2.45) is 11.8 Å². The van der Waals surface area contributed by atoms with E-state index in [1.54, 1.807) is 14.0 Å². The van der Waals surface area contributed by atoms with E-state index in [0.29, 0.717) is 15.8 Å². The minimum absolute atomic E-state index is 0.0109. The number of carbonyl (C=O) groups is 3. The fraction of sp³-hybridized carbons (Fsp3) is 0.722. The number of rotatable bonds is 5. The number of amides is 2. The molecule has 3 aliphatic rings. The molecule has 0 saturated carbocycles. The first kappa shape index (κ1) is 20.2. The van der Waals surface area contributed by atoms with Gasteiger partial charge in [0.2, 0.25) is 5.91 Å². The van der Waals surface area contributed by atoms with Gasteiger partial charge in [0.25, 0.3) is 5.91 Å². The predicted octanol–water partition coefficient (Wildman–Crippen LogP) is -0.163. The molecule has 3 aliphatic heterocycles. The molecule has 0 aromatic heterocycles. The van der Waals surface area contributed by atoms with Crippen LogP contribution in [0.2, 0.25) is 0 Å². The number of likely N-dealkylation sites (N-methyl/N-ethyl adjacent to an activating group) is 2. The molecule has 0 aromatic carbocycles. The van der Waals surface area contributed by atoms with Crippen LogP contribution in [0.4, 0.5) is 0 Å². The van der Waals surface area contributed by atoms with Crippen LogP contribution in [0.5, 0.6) is 0 Å². The molecule has 0 unspecified atom stereocenters. The van der Waals surface area contributed by atoms with Crippen molar-refractivity contribution in [1.82, 2.24) is 10.2 Å². The van der Waals surface area contributed by atoms with E-state index in [4.69, 9.17) is 0 Å². The van der Waals surface area contributed by atoms with Crippen LogP contribution >= 0.6 is 11.8 Å². The molecule has 150 valence electrons. The number of likely N-dealkylation sites (tertiary alicyclic amines) is 1. The average Bonchev–Trinajstić information content (AvgIpc) is 2.99. The van der Waals surface area contributed by atoms with Gasteiger partial charge in [0.15, 0.2) is 6.04 Å². The highest BCUT2D eigenvalue weighted by Gasteiger charge is 2.60. The molecular weight excluding hydrogens is 370 g/mol. The topological polar surface area (TPSA) is 107 Å². The standard InChI is InChI=1S/C18H27N3O5S/c1-8-13-12(9(2)22)17(24)20(13)14(18(25)26)15(8)27-10-6-11(16(23)19-3)21(4,5)7-10/h8-13,22H,6-7H2,1-5H3,(H-,19,23,25,26)/p+1/t8-,9-,10+,11+,12-,13-/m1/s1. The number of nitrogens with zero attached hydrogens (tertiary/aromatic N) is 2. The van der Waals surface area contributed by atoms with Crippen LogP contribution in [0.3, 0.4) is 0 Å². The summed E-state index contributed by atoms with van der Waals surface area (Å²) in [4.78, 5) is 38.5. The van der Waals surface area contributed by atoms with Crippen molar-refractivity contribution in [3.63, 3.8) is 0 Å². The summed E-state index contributed by atoms with van der Waals surface area (Å²) in [6, 6.07) is -0.480. The molecule has 27 heavy (non-hydrogen) atoms. The number of aliphatic carboxylic acids is 1. The molecule has 3 N–H and O–H groups in total. The minimum Gasteiger partial charge on any atom is -0.477 e. The Hall–Kier alpha value is -1.58. The number of β-lactam (4-membered cyclic amide) rings is 1. The summed E-state index contributed by atoms with van der Waals surface area (Å²) in [6.07, 6.45) is -0.154. The minimum atomic E-state index is -1.11. The summed E-state index contributed by atoms with van der Waals surface area (Å²) < 4.78 is 0.545. The smallest absolute Gasteiger partial charge is 0.353 e. The highest BCUT2D eigenvalue weighted by molar-refractivity contribution is 8.03. The van der Waals surface area contributed by atoms with Gasteiger partial charge in [-0.25, -0.2) is 4.79 Å². The van der Waals surface area contributed by atoms with Crippen molar-refractivity contribution in [2.75, 3.05) is 27.7 Å². The Morgan fingerprint density at radius 2 is 2.00 bits per heavy atom. The number of quaternary nitrogens is 1. The van der Waals surface area contributed by atoms with Crippen molar-refractivity contribution < 1.29 is 29.1 Å². The Morgan fingerprint density at radius 1 is 1.37 bits per heavy atom. The molecule has 3 rings (SSSR count). The number of thioether (sulfide) groups is 1. The maximum atomic E-state index is 12.4. The third-order valence-electron chi connectivity index (χ3n) is 6.16. The number of hydrogen-bond acceptors (Lipinski definition) is 5. The molecule has 2 fully saturated rings. The fourth-order valence-electron chi connectivity index (χ4n) is 4.80. The fourth-order valence-corrected chi connectivity index (χ4v) is 6.54. The van der Waals surface area contributed by atoms with E-state index in [9.17, 15) is 24.6 Å². The molecule has 0 aromatic rings. The monoisotopic (exact) mass is 398 g/mol. The molecule has 6 atom stereocenters. The molecule has 0 aliphatic carbocycles. The van der Waals surface area contributed by atoms with Gasteiger partial charge >= 0.3 is 5.97 Å². The number of carbonyl (C=O) groups excluding carboxylic acids is 2. The Labute approximate surface area is 163 Å². The van der Waals surface area contributed by atoms with E-state index in [-0.39, 0.29) is 40.8 Å². The second-order valence-corrected chi connectivity index (χ2v) is 9.68. The van der Waals surface area contributed by atoms with Crippen LogP contribution in [-0.2, 0) is 14.4 Å². The highest BCUT2D eigenvalue weighted by atomic mass is 32.2. The van der Waals surface area contributed by atoms with Gasteiger partial charge in [-0.05, 0) is 6.92 Å². The largest absolute Gasteiger partial charge is 0.477 e. The summed E-state index contributed by atoms with van der Waals surface area (Å²) in [5.41, 5.74) is 0.0492. The lowest BCUT2D eigenvalue weighted by molar-refractivity contribution is -0.892. The first-order valence-electron chi connectivity index (χ1n) is 9.20. The summed E-state index contributed by atoms with van der Waals surface area (Å²) in [5, 5.41) is 22.5. The molecule has 2 saturated heterocycles. The zero-order valence-corrected chi connectivity index (χ0v) is 17.1.